The molecular weight excluding hydrogens is 200 g/mol. The molecule has 1 heterocycles. The summed E-state index contributed by atoms with van der Waals surface area (Å²) in [6.45, 7) is 2.84. The highest BCUT2D eigenvalue weighted by Gasteiger charge is 2.13. The first-order valence-electron chi connectivity index (χ1n) is 5.47. The van der Waals surface area contributed by atoms with Crippen molar-refractivity contribution < 1.29 is 4.42 Å². The topological polar surface area (TPSA) is 42.4 Å². The predicted octanol–water partition coefficient (Wildman–Crippen LogP) is 2.30. The van der Waals surface area contributed by atoms with E-state index in [0.29, 0.717) is 0 Å². The van der Waals surface area contributed by atoms with Gasteiger partial charge in [-0.15, -0.1) is 0 Å². The maximum absolute atomic E-state index is 6.07. The SMILES string of the molecule is Cc1cccc2cc(C(N)CN(C)C)oc12. The van der Waals surface area contributed by atoms with Crippen molar-refractivity contribution in [2.75, 3.05) is 20.6 Å². The zero-order valence-corrected chi connectivity index (χ0v) is 10.0. The van der Waals surface area contributed by atoms with Crippen molar-refractivity contribution in [2.24, 2.45) is 5.73 Å². The van der Waals surface area contributed by atoms with Crippen LogP contribution in [0, 0.1) is 6.92 Å². The Kier molecular flexibility index (Phi) is 2.99. The Labute approximate surface area is 95.8 Å². The van der Waals surface area contributed by atoms with Gasteiger partial charge in [0.05, 0.1) is 6.04 Å². The summed E-state index contributed by atoms with van der Waals surface area (Å²) in [6, 6.07) is 8.11. The van der Waals surface area contributed by atoms with Crippen LogP contribution in [0.4, 0.5) is 0 Å². The van der Waals surface area contributed by atoms with Crippen LogP contribution in [0.5, 0.6) is 0 Å². The van der Waals surface area contributed by atoms with Gasteiger partial charge in [-0.2, -0.15) is 0 Å². The van der Waals surface area contributed by atoms with Crippen LogP contribution in [-0.4, -0.2) is 25.5 Å². The smallest absolute Gasteiger partial charge is 0.137 e. The van der Waals surface area contributed by atoms with Gasteiger partial charge in [-0.3, -0.25) is 0 Å². The van der Waals surface area contributed by atoms with Crippen LogP contribution in [0.2, 0.25) is 0 Å². The van der Waals surface area contributed by atoms with Crippen molar-refractivity contribution in [2.45, 2.75) is 13.0 Å². The Bertz CT molecular complexity index is 488. The van der Waals surface area contributed by atoms with Gasteiger partial charge in [0, 0.05) is 11.9 Å². The Morgan fingerprint density at radius 3 is 2.75 bits per heavy atom. The van der Waals surface area contributed by atoms with Crippen LogP contribution in [0.15, 0.2) is 28.7 Å². The molecule has 2 aromatic rings. The molecule has 0 radical (unpaired) electrons. The standard InChI is InChI=1S/C13H18N2O/c1-9-5-4-6-10-7-12(16-13(9)10)11(14)8-15(2)3/h4-7,11H,8,14H2,1-3H3. The molecule has 0 aliphatic carbocycles. The maximum Gasteiger partial charge on any atom is 0.137 e. The van der Waals surface area contributed by atoms with Gasteiger partial charge in [0.1, 0.15) is 11.3 Å². The molecule has 1 atom stereocenters. The number of rotatable bonds is 3. The Morgan fingerprint density at radius 1 is 1.38 bits per heavy atom. The first-order chi connectivity index (χ1) is 7.58. The summed E-state index contributed by atoms with van der Waals surface area (Å²) in [5, 5.41) is 1.13. The molecule has 0 aliphatic rings. The van der Waals surface area contributed by atoms with Gasteiger partial charge in [0.2, 0.25) is 0 Å². The second-order valence-electron chi connectivity index (χ2n) is 4.51. The molecule has 2 N–H and O–H groups in total. The molecule has 0 fully saturated rings. The van der Waals surface area contributed by atoms with Crippen LogP contribution < -0.4 is 5.73 Å². The number of para-hydroxylation sites is 1. The first-order valence-corrected chi connectivity index (χ1v) is 5.47. The molecule has 16 heavy (non-hydrogen) atoms. The zero-order chi connectivity index (χ0) is 11.7. The highest BCUT2D eigenvalue weighted by molar-refractivity contribution is 5.80. The van der Waals surface area contributed by atoms with Crippen molar-refractivity contribution in [3.05, 3.63) is 35.6 Å². The van der Waals surface area contributed by atoms with Crippen molar-refractivity contribution >= 4 is 11.0 Å². The number of hydrogen-bond acceptors (Lipinski definition) is 3. The average molecular weight is 218 g/mol. The van der Waals surface area contributed by atoms with Crippen molar-refractivity contribution in [3.63, 3.8) is 0 Å². The minimum absolute atomic E-state index is 0.0678. The number of aryl methyl sites for hydroxylation is 1. The zero-order valence-electron chi connectivity index (χ0n) is 10.0. The molecule has 2 rings (SSSR count). The van der Waals surface area contributed by atoms with E-state index in [9.17, 15) is 0 Å². The van der Waals surface area contributed by atoms with Crippen molar-refractivity contribution in [1.29, 1.82) is 0 Å². The number of nitrogens with zero attached hydrogens (tertiary/aromatic N) is 1. The fraction of sp³-hybridized carbons (Fsp3) is 0.385. The number of furan rings is 1. The first kappa shape index (κ1) is 11.2. The van der Waals surface area contributed by atoms with Crippen LogP contribution in [0.1, 0.15) is 17.4 Å². The average Bonchev–Trinajstić information content (AvgIpc) is 2.61. The largest absolute Gasteiger partial charge is 0.459 e. The fourth-order valence-corrected chi connectivity index (χ4v) is 1.89. The molecule has 0 saturated heterocycles. The molecule has 0 amide bonds. The number of likely N-dealkylation sites (N-methyl/N-ethyl adjacent to an activating group) is 1. The lowest BCUT2D eigenvalue weighted by atomic mass is 10.1. The lowest BCUT2D eigenvalue weighted by molar-refractivity contribution is 0.350. The molecule has 1 unspecified atom stereocenters. The van der Waals surface area contributed by atoms with Gasteiger partial charge < -0.3 is 15.1 Å². The summed E-state index contributed by atoms with van der Waals surface area (Å²) >= 11 is 0. The summed E-state index contributed by atoms with van der Waals surface area (Å²) in [5.41, 5.74) is 8.18. The number of benzene rings is 1. The third-order valence-electron chi connectivity index (χ3n) is 2.69. The van der Waals surface area contributed by atoms with E-state index in [1.165, 1.54) is 0 Å². The van der Waals surface area contributed by atoms with Gasteiger partial charge in [-0.25, -0.2) is 0 Å². The summed E-state index contributed by atoms with van der Waals surface area (Å²) in [4.78, 5) is 2.06. The lowest BCUT2D eigenvalue weighted by Crippen LogP contribution is -2.25. The van der Waals surface area contributed by atoms with Crippen LogP contribution in [0.25, 0.3) is 11.0 Å². The van der Waals surface area contributed by atoms with E-state index in [2.05, 4.69) is 11.0 Å². The predicted molar refractivity (Wildman–Crippen MR) is 66.4 cm³/mol. The molecular formula is C13H18N2O. The van der Waals surface area contributed by atoms with Gasteiger partial charge in [-0.1, -0.05) is 18.2 Å². The minimum Gasteiger partial charge on any atom is -0.459 e. The van der Waals surface area contributed by atoms with Crippen molar-refractivity contribution in [3.8, 4) is 0 Å². The molecule has 0 bridgehead atoms. The number of fused-ring (bicyclic) bond motifs is 1. The van der Waals surface area contributed by atoms with E-state index in [-0.39, 0.29) is 6.04 Å². The second kappa shape index (κ2) is 4.28. The Balaban J connectivity index is 2.36. The summed E-state index contributed by atoms with van der Waals surface area (Å²) in [5.74, 6) is 0.859. The van der Waals surface area contributed by atoms with Crippen LogP contribution >= 0.6 is 0 Å². The molecule has 0 aliphatic heterocycles. The van der Waals surface area contributed by atoms with E-state index in [1.54, 1.807) is 0 Å². The highest BCUT2D eigenvalue weighted by Crippen LogP contribution is 2.25. The number of nitrogens with two attached hydrogens (primary N) is 1. The molecule has 3 nitrogen and oxygen atoms in total. The summed E-state index contributed by atoms with van der Waals surface area (Å²) < 4.78 is 5.81. The Hall–Kier alpha value is -1.32. The summed E-state index contributed by atoms with van der Waals surface area (Å²) in [7, 11) is 4.02. The lowest BCUT2D eigenvalue weighted by Gasteiger charge is -2.14. The third-order valence-corrected chi connectivity index (χ3v) is 2.69. The molecule has 1 aromatic carbocycles. The molecule has 86 valence electrons. The maximum atomic E-state index is 6.07. The van der Waals surface area contributed by atoms with Crippen LogP contribution in [-0.2, 0) is 0 Å². The highest BCUT2D eigenvalue weighted by atomic mass is 16.3. The van der Waals surface area contributed by atoms with E-state index in [1.807, 2.05) is 39.2 Å². The van der Waals surface area contributed by atoms with Gasteiger partial charge in [0.25, 0.3) is 0 Å². The summed E-state index contributed by atoms with van der Waals surface area (Å²) in [6.07, 6.45) is 0. The van der Waals surface area contributed by atoms with E-state index in [0.717, 1.165) is 28.8 Å². The van der Waals surface area contributed by atoms with Crippen molar-refractivity contribution in [1.82, 2.24) is 4.90 Å². The molecule has 1 aromatic heterocycles. The second-order valence-corrected chi connectivity index (χ2v) is 4.51. The molecule has 0 saturated carbocycles. The van der Waals surface area contributed by atoms with Gasteiger partial charge >= 0.3 is 0 Å². The van der Waals surface area contributed by atoms with E-state index >= 15 is 0 Å². The fourth-order valence-electron chi connectivity index (χ4n) is 1.89. The minimum atomic E-state index is -0.0678. The van der Waals surface area contributed by atoms with Gasteiger partial charge in [-0.05, 0) is 32.6 Å². The Morgan fingerprint density at radius 2 is 2.12 bits per heavy atom. The van der Waals surface area contributed by atoms with E-state index in [4.69, 9.17) is 10.2 Å². The molecule has 0 spiro atoms. The quantitative estimate of drug-likeness (QED) is 0.859. The molecule has 3 heteroatoms. The third kappa shape index (κ3) is 2.10. The normalized spacial score (nSPS) is 13.6. The van der Waals surface area contributed by atoms with Crippen LogP contribution in [0.3, 0.4) is 0 Å². The number of hydrogen-bond donors (Lipinski definition) is 1. The van der Waals surface area contributed by atoms with E-state index < -0.39 is 0 Å². The monoisotopic (exact) mass is 218 g/mol. The van der Waals surface area contributed by atoms with Gasteiger partial charge in [0.15, 0.2) is 0 Å².